The minimum absolute atomic E-state index is 0.0730. The summed E-state index contributed by atoms with van der Waals surface area (Å²) in [6.45, 7) is 0.390. The highest BCUT2D eigenvalue weighted by molar-refractivity contribution is 8.01. The summed E-state index contributed by atoms with van der Waals surface area (Å²) in [5, 5.41) is 18.7. The number of anilines is 2. The Morgan fingerprint density at radius 3 is 2.71 bits per heavy atom. The molecular weight excluding hydrogens is 418 g/mol. The predicted molar refractivity (Wildman–Crippen MR) is 112 cm³/mol. The lowest BCUT2D eigenvalue weighted by Crippen LogP contribution is -2.39. The fourth-order valence-corrected chi connectivity index (χ4v) is 4.25. The molecule has 0 saturated carbocycles. The molecule has 1 aromatic carbocycles. The molecule has 0 aliphatic carbocycles. The number of thiophene rings is 1. The SMILES string of the molecule is COc1ccc(Nc2nnc(SCC(=O)NC(=O)NCc3cccs3)s2)cc1. The Balaban J connectivity index is 1.40. The lowest BCUT2D eigenvalue weighted by molar-refractivity contribution is -0.117. The van der Waals surface area contributed by atoms with Crippen molar-refractivity contribution < 1.29 is 14.3 Å². The van der Waals surface area contributed by atoms with Crippen LogP contribution < -0.4 is 20.7 Å². The summed E-state index contributed by atoms with van der Waals surface area (Å²) in [6.07, 6.45) is 0. The van der Waals surface area contributed by atoms with Crippen LogP contribution in [0.2, 0.25) is 0 Å². The average Bonchev–Trinajstić information content (AvgIpc) is 3.37. The van der Waals surface area contributed by atoms with Crippen molar-refractivity contribution >= 4 is 57.2 Å². The third-order valence-electron chi connectivity index (χ3n) is 3.33. The molecule has 0 radical (unpaired) electrons. The lowest BCUT2D eigenvalue weighted by atomic mass is 10.3. The molecule has 0 unspecified atom stereocenters. The van der Waals surface area contributed by atoms with E-state index in [9.17, 15) is 9.59 Å². The van der Waals surface area contributed by atoms with Gasteiger partial charge in [-0.25, -0.2) is 4.79 Å². The molecule has 11 heteroatoms. The van der Waals surface area contributed by atoms with E-state index in [1.165, 1.54) is 34.4 Å². The molecule has 2 heterocycles. The maximum Gasteiger partial charge on any atom is 0.321 e. The number of hydrogen-bond acceptors (Lipinski definition) is 9. The average molecular weight is 436 g/mol. The Morgan fingerprint density at radius 2 is 2.00 bits per heavy atom. The molecule has 3 aromatic rings. The number of rotatable bonds is 8. The van der Waals surface area contributed by atoms with Gasteiger partial charge in [0, 0.05) is 10.6 Å². The second-order valence-corrected chi connectivity index (χ2v) is 8.56. The number of thioether (sulfide) groups is 1. The number of carbonyl (C=O) groups is 2. The third kappa shape index (κ3) is 6.22. The van der Waals surface area contributed by atoms with E-state index in [4.69, 9.17) is 4.74 Å². The van der Waals surface area contributed by atoms with Gasteiger partial charge in [0.25, 0.3) is 0 Å². The maximum absolute atomic E-state index is 11.9. The fourth-order valence-electron chi connectivity index (χ4n) is 2.03. The van der Waals surface area contributed by atoms with Gasteiger partial charge in [-0.15, -0.1) is 21.5 Å². The number of imide groups is 1. The number of benzene rings is 1. The van der Waals surface area contributed by atoms with Gasteiger partial charge >= 0.3 is 6.03 Å². The normalized spacial score (nSPS) is 10.3. The number of carbonyl (C=O) groups excluding carboxylic acids is 2. The van der Waals surface area contributed by atoms with Gasteiger partial charge in [-0.3, -0.25) is 10.1 Å². The quantitative estimate of drug-likeness (QED) is 0.465. The highest BCUT2D eigenvalue weighted by Gasteiger charge is 2.11. The Labute approximate surface area is 173 Å². The molecule has 3 amide bonds. The van der Waals surface area contributed by atoms with Gasteiger partial charge in [-0.05, 0) is 35.7 Å². The minimum Gasteiger partial charge on any atom is -0.497 e. The van der Waals surface area contributed by atoms with Crippen LogP contribution >= 0.6 is 34.4 Å². The van der Waals surface area contributed by atoms with E-state index in [1.807, 2.05) is 41.8 Å². The van der Waals surface area contributed by atoms with Gasteiger partial charge in [0.05, 0.1) is 19.4 Å². The van der Waals surface area contributed by atoms with Gasteiger partial charge in [0.15, 0.2) is 4.34 Å². The Morgan fingerprint density at radius 1 is 1.18 bits per heavy atom. The van der Waals surface area contributed by atoms with Crippen LogP contribution in [0.4, 0.5) is 15.6 Å². The summed E-state index contributed by atoms with van der Waals surface area (Å²) in [6, 6.07) is 10.7. The Bertz CT molecular complexity index is 913. The number of ether oxygens (including phenoxy) is 1. The van der Waals surface area contributed by atoms with E-state index >= 15 is 0 Å². The molecule has 3 N–H and O–H groups in total. The molecule has 0 aliphatic rings. The first kappa shape index (κ1) is 20.1. The Kier molecular flexibility index (Phi) is 7.23. The molecule has 0 saturated heterocycles. The number of nitrogens with one attached hydrogen (secondary N) is 3. The molecule has 0 spiro atoms. The second kappa shape index (κ2) is 10.1. The Hall–Kier alpha value is -2.63. The van der Waals surface area contributed by atoms with Crippen LogP contribution in [-0.2, 0) is 11.3 Å². The molecule has 0 atom stereocenters. The highest BCUT2D eigenvalue weighted by Crippen LogP contribution is 2.28. The molecule has 146 valence electrons. The van der Waals surface area contributed by atoms with Crippen LogP contribution in [0.25, 0.3) is 0 Å². The predicted octanol–water partition coefficient (Wildman–Crippen LogP) is 3.47. The second-order valence-electron chi connectivity index (χ2n) is 5.33. The van der Waals surface area contributed by atoms with E-state index in [0.29, 0.717) is 16.0 Å². The first-order chi connectivity index (χ1) is 13.6. The molecule has 8 nitrogen and oxygen atoms in total. The van der Waals surface area contributed by atoms with Crippen molar-refractivity contribution in [3.63, 3.8) is 0 Å². The summed E-state index contributed by atoms with van der Waals surface area (Å²) in [7, 11) is 1.61. The van der Waals surface area contributed by atoms with Gasteiger partial charge in [-0.1, -0.05) is 29.2 Å². The first-order valence-electron chi connectivity index (χ1n) is 8.10. The van der Waals surface area contributed by atoms with E-state index < -0.39 is 11.9 Å². The molecule has 0 bridgehead atoms. The summed E-state index contributed by atoms with van der Waals surface area (Å²) in [4.78, 5) is 24.6. The van der Waals surface area contributed by atoms with Crippen LogP contribution in [0, 0.1) is 0 Å². The van der Waals surface area contributed by atoms with Crippen molar-refractivity contribution in [2.75, 3.05) is 18.2 Å². The van der Waals surface area contributed by atoms with E-state index in [-0.39, 0.29) is 5.75 Å². The standard InChI is InChI=1S/C17H17N5O3S3/c1-25-12-6-4-11(5-7-12)19-16-21-22-17(28-16)27-10-14(23)20-15(24)18-9-13-3-2-8-26-13/h2-8H,9-10H2,1H3,(H,19,21)(H2,18,20,23,24). The van der Waals surface area contributed by atoms with E-state index in [1.54, 1.807) is 7.11 Å². The summed E-state index contributed by atoms with van der Waals surface area (Å²) in [5.74, 6) is 0.446. The number of amides is 3. The van der Waals surface area contributed by atoms with Crippen molar-refractivity contribution in [3.05, 3.63) is 46.7 Å². The van der Waals surface area contributed by atoms with Gasteiger partial charge < -0.3 is 15.4 Å². The summed E-state index contributed by atoms with van der Waals surface area (Å²) >= 11 is 4.08. The number of aromatic nitrogens is 2. The first-order valence-corrected chi connectivity index (χ1v) is 10.8. The largest absolute Gasteiger partial charge is 0.497 e. The highest BCUT2D eigenvalue weighted by atomic mass is 32.2. The maximum atomic E-state index is 11.9. The van der Waals surface area contributed by atoms with Crippen LogP contribution in [0.1, 0.15) is 4.88 Å². The monoisotopic (exact) mass is 435 g/mol. The topological polar surface area (TPSA) is 105 Å². The van der Waals surface area contributed by atoms with Gasteiger partial charge in [-0.2, -0.15) is 0 Å². The van der Waals surface area contributed by atoms with Crippen molar-refractivity contribution in [1.82, 2.24) is 20.8 Å². The van der Waals surface area contributed by atoms with Gasteiger partial charge in [0.2, 0.25) is 11.0 Å². The van der Waals surface area contributed by atoms with E-state index in [0.717, 1.165) is 16.3 Å². The van der Waals surface area contributed by atoms with Crippen LogP contribution in [0.15, 0.2) is 46.1 Å². The zero-order chi connectivity index (χ0) is 19.8. The van der Waals surface area contributed by atoms with Crippen molar-refractivity contribution in [1.29, 1.82) is 0 Å². The molecular formula is C17H17N5O3S3. The smallest absolute Gasteiger partial charge is 0.321 e. The molecule has 2 aromatic heterocycles. The number of hydrogen-bond donors (Lipinski definition) is 3. The van der Waals surface area contributed by atoms with Crippen LogP contribution in [-0.4, -0.2) is 35.0 Å². The summed E-state index contributed by atoms with van der Waals surface area (Å²) in [5.41, 5.74) is 0.855. The van der Waals surface area contributed by atoms with Crippen molar-refractivity contribution in [2.45, 2.75) is 10.9 Å². The number of nitrogens with zero attached hydrogens (tertiary/aromatic N) is 2. The zero-order valence-electron chi connectivity index (χ0n) is 14.8. The van der Waals surface area contributed by atoms with E-state index in [2.05, 4.69) is 26.1 Å². The number of urea groups is 1. The summed E-state index contributed by atoms with van der Waals surface area (Å²) < 4.78 is 5.75. The zero-order valence-corrected chi connectivity index (χ0v) is 17.2. The molecule has 3 rings (SSSR count). The van der Waals surface area contributed by atoms with Crippen molar-refractivity contribution in [2.24, 2.45) is 0 Å². The molecule has 28 heavy (non-hydrogen) atoms. The molecule has 0 aliphatic heterocycles. The minimum atomic E-state index is -0.516. The lowest BCUT2D eigenvalue weighted by Gasteiger charge is -2.04. The van der Waals surface area contributed by atoms with Crippen LogP contribution in [0.5, 0.6) is 5.75 Å². The van der Waals surface area contributed by atoms with Crippen LogP contribution in [0.3, 0.4) is 0 Å². The third-order valence-corrected chi connectivity index (χ3v) is 6.18. The number of methoxy groups -OCH3 is 1. The van der Waals surface area contributed by atoms with Gasteiger partial charge in [0.1, 0.15) is 5.75 Å². The fraction of sp³-hybridized carbons (Fsp3) is 0.176. The molecule has 0 fully saturated rings. The van der Waals surface area contributed by atoms with Crippen molar-refractivity contribution in [3.8, 4) is 5.75 Å².